The second-order valence-corrected chi connectivity index (χ2v) is 5.47. The molecule has 0 fully saturated rings. The highest BCUT2D eigenvalue weighted by Crippen LogP contribution is 2.25. The molecule has 0 aliphatic heterocycles. The molecule has 0 spiro atoms. The molecule has 3 aromatic rings. The molecule has 0 bridgehead atoms. The third-order valence-corrected chi connectivity index (χ3v) is 4.06. The van der Waals surface area contributed by atoms with Crippen molar-refractivity contribution in [1.82, 2.24) is 14.5 Å². The third kappa shape index (κ3) is 2.34. The number of fused-ring (bicyclic) bond motifs is 1. The normalized spacial score (nSPS) is 11.0. The Kier molecular flexibility index (Phi) is 3.51. The van der Waals surface area contributed by atoms with Crippen molar-refractivity contribution < 1.29 is 4.74 Å². The smallest absolute Gasteiger partial charge is 0.178 e. The van der Waals surface area contributed by atoms with Gasteiger partial charge < -0.3 is 14.3 Å². The largest absolute Gasteiger partial charge is 0.496 e. The van der Waals surface area contributed by atoms with Crippen LogP contribution in [0, 0.1) is 18.6 Å². The maximum absolute atomic E-state index is 5.47. The number of hydrogen-bond donors (Lipinski definition) is 1. The number of rotatable bonds is 3. The van der Waals surface area contributed by atoms with Gasteiger partial charge in [0.2, 0.25) is 0 Å². The van der Waals surface area contributed by atoms with E-state index in [1.807, 2.05) is 38.2 Å². The first-order valence-corrected chi connectivity index (χ1v) is 7.19. The first-order valence-electron chi connectivity index (χ1n) is 6.78. The molecule has 0 unspecified atom stereocenters. The number of benzene rings is 1. The van der Waals surface area contributed by atoms with E-state index in [1.54, 1.807) is 7.11 Å². The van der Waals surface area contributed by atoms with Crippen molar-refractivity contribution in [3.05, 3.63) is 52.1 Å². The van der Waals surface area contributed by atoms with E-state index in [0.717, 1.165) is 33.6 Å². The van der Waals surface area contributed by atoms with Crippen molar-refractivity contribution in [2.24, 2.45) is 0 Å². The molecule has 4 nitrogen and oxygen atoms in total. The van der Waals surface area contributed by atoms with Gasteiger partial charge in [-0.15, -0.1) is 0 Å². The lowest BCUT2D eigenvalue weighted by molar-refractivity contribution is 0.406. The van der Waals surface area contributed by atoms with Crippen LogP contribution < -0.4 is 4.74 Å². The summed E-state index contributed by atoms with van der Waals surface area (Å²) in [7, 11) is 1.69. The number of pyridine rings is 1. The zero-order valence-electron chi connectivity index (χ0n) is 12.3. The summed E-state index contributed by atoms with van der Waals surface area (Å²) in [6.45, 7) is 4.66. The molecule has 0 aliphatic carbocycles. The number of aromatic nitrogens is 3. The number of ether oxygens (including phenoxy) is 1. The average Bonchev–Trinajstić information content (AvgIpc) is 2.78. The molecule has 0 saturated heterocycles. The Morgan fingerprint density at radius 2 is 2.05 bits per heavy atom. The number of nitrogens with one attached hydrogen (secondary N) is 1. The Hall–Kier alpha value is -2.14. The number of hydrogen-bond acceptors (Lipinski definition) is 3. The summed E-state index contributed by atoms with van der Waals surface area (Å²) >= 11 is 5.43. The standard InChI is InChI=1S/C16H17N3OS/c1-10-8-17-13(11(2)15(10)20-3)9-19-14-7-5-4-6-12(14)18-16(19)21/h4-8H,9H2,1-3H3,(H,18,21). The lowest BCUT2D eigenvalue weighted by Crippen LogP contribution is -2.06. The number of para-hydroxylation sites is 2. The number of imidazole rings is 1. The predicted octanol–water partition coefficient (Wildman–Crippen LogP) is 3.77. The van der Waals surface area contributed by atoms with Crippen LogP contribution in [-0.4, -0.2) is 21.6 Å². The van der Waals surface area contributed by atoms with E-state index < -0.39 is 0 Å². The summed E-state index contributed by atoms with van der Waals surface area (Å²) in [6, 6.07) is 8.09. The lowest BCUT2D eigenvalue weighted by Gasteiger charge is -2.13. The van der Waals surface area contributed by atoms with Crippen molar-refractivity contribution in [1.29, 1.82) is 0 Å². The molecule has 0 aliphatic rings. The van der Waals surface area contributed by atoms with Crippen molar-refractivity contribution >= 4 is 23.3 Å². The van der Waals surface area contributed by atoms with Crippen LogP contribution >= 0.6 is 12.2 Å². The highest BCUT2D eigenvalue weighted by atomic mass is 32.1. The SMILES string of the molecule is COc1c(C)cnc(Cn2c(=S)[nH]c3ccccc32)c1C. The van der Waals surface area contributed by atoms with E-state index >= 15 is 0 Å². The highest BCUT2D eigenvalue weighted by molar-refractivity contribution is 7.71. The van der Waals surface area contributed by atoms with Gasteiger partial charge in [0.25, 0.3) is 0 Å². The van der Waals surface area contributed by atoms with Crippen LogP contribution in [0.5, 0.6) is 5.75 Å². The molecule has 0 amide bonds. The molecule has 2 aromatic heterocycles. The van der Waals surface area contributed by atoms with Crippen LogP contribution in [0.1, 0.15) is 16.8 Å². The van der Waals surface area contributed by atoms with Gasteiger partial charge in [0.1, 0.15) is 5.75 Å². The number of H-pyrrole nitrogens is 1. The average molecular weight is 299 g/mol. The first kappa shape index (κ1) is 13.8. The minimum Gasteiger partial charge on any atom is -0.496 e. The van der Waals surface area contributed by atoms with Gasteiger partial charge in [0.15, 0.2) is 4.77 Å². The van der Waals surface area contributed by atoms with Crippen LogP contribution in [0.4, 0.5) is 0 Å². The fourth-order valence-corrected chi connectivity index (χ4v) is 2.92. The Labute approximate surface area is 128 Å². The second-order valence-electron chi connectivity index (χ2n) is 5.08. The quantitative estimate of drug-likeness (QED) is 0.749. The third-order valence-electron chi connectivity index (χ3n) is 3.74. The summed E-state index contributed by atoms with van der Waals surface area (Å²) in [5, 5.41) is 0. The Morgan fingerprint density at radius 3 is 2.81 bits per heavy atom. The molecular formula is C16H17N3OS. The summed E-state index contributed by atoms with van der Waals surface area (Å²) in [5.41, 5.74) is 5.20. The fourth-order valence-electron chi connectivity index (χ4n) is 2.64. The van der Waals surface area contributed by atoms with Crippen molar-refractivity contribution in [3.63, 3.8) is 0 Å². The topological polar surface area (TPSA) is 42.8 Å². The molecule has 108 valence electrons. The van der Waals surface area contributed by atoms with Gasteiger partial charge in [-0.2, -0.15) is 0 Å². The molecule has 1 aromatic carbocycles. The first-order chi connectivity index (χ1) is 10.1. The molecule has 5 heteroatoms. The van der Waals surface area contributed by atoms with Crippen LogP contribution in [-0.2, 0) is 6.54 Å². The summed E-state index contributed by atoms with van der Waals surface area (Å²) in [6.07, 6.45) is 1.85. The predicted molar refractivity (Wildman–Crippen MR) is 86.5 cm³/mol. The van der Waals surface area contributed by atoms with Crippen molar-refractivity contribution in [2.45, 2.75) is 20.4 Å². The van der Waals surface area contributed by atoms with Gasteiger partial charge in [0, 0.05) is 17.3 Å². The Balaban J connectivity index is 2.11. The van der Waals surface area contributed by atoms with Crippen LogP contribution in [0.15, 0.2) is 30.5 Å². The van der Waals surface area contributed by atoms with Gasteiger partial charge in [-0.25, -0.2) is 0 Å². The van der Waals surface area contributed by atoms with Gasteiger partial charge in [-0.05, 0) is 38.2 Å². The zero-order chi connectivity index (χ0) is 15.0. The van der Waals surface area contributed by atoms with Gasteiger partial charge in [0.05, 0.1) is 30.4 Å². The number of methoxy groups -OCH3 is 1. The van der Waals surface area contributed by atoms with E-state index in [-0.39, 0.29) is 0 Å². The van der Waals surface area contributed by atoms with Crippen molar-refractivity contribution in [3.8, 4) is 5.75 Å². The fraction of sp³-hybridized carbons (Fsp3) is 0.250. The molecule has 21 heavy (non-hydrogen) atoms. The maximum Gasteiger partial charge on any atom is 0.178 e. The summed E-state index contributed by atoms with van der Waals surface area (Å²) in [5.74, 6) is 0.895. The van der Waals surface area contributed by atoms with E-state index in [1.165, 1.54) is 0 Å². The number of aryl methyl sites for hydroxylation is 1. The lowest BCUT2D eigenvalue weighted by atomic mass is 10.1. The zero-order valence-corrected chi connectivity index (χ0v) is 13.1. The van der Waals surface area contributed by atoms with Crippen LogP contribution in [0.3, 0.4) is 0 Å². The minimum atomic E-state index is 0.630. The van der Waals surface area contributed by atoms with E-state index in [0.29, 0.717) is 11.3 Å². The molecule has 0 radical (unpaired) electrons. The molecule has 0 saturated carbocycles. The van der Waals surface area contributed by atoms with Crippen LogP contribution in [0.2, 0.25) is 0 Å². The molecule has 3 rings (SSSR count). The van der Waals surface area contributed by atoms with Gasteiger partial charge in [-0.3, -0.25) is 4.98 Å². The number of aromatic amines is 1. The van der Waals surface area contributed by atoms with Gasteiger partial charge in [-0.1, -0.05) is 12.1 Å². The number of nitrogens with zero attached hydrogens (tertiary/aromatic N) is 2. The Morgan fingerprint density at radius 1 is 1.29 bits per heavy atom. The molecule has 2 heterocycles. The molecule has 1 N–H and O–H groups in total. The molecule has 0 atom stereocenters. The van der Waals surface area contributed by atoms with Crippen LogP contribution in [0.25, 0.3) is 11.0 Å². The van der Waals surface area contributed by atoms with Crippen molar-refractivity contribution in [2.75, 3.05) is 7.11 Å². The monoisotopic (exact) mass is 299 g/mol. The molecular weight excluding hydrogens is 282 g/mol. The highest BCUT2D eigenvalue weighted by Gasteiger charge is 2.12. The summed E-state index contributed by atoms with van der Waals surface area (Å²) in [4.78, 5) is 7.77. The summed E-state index contributed by atoms with van der Waals surface area (Å²) < 4.78 is 8.24. The van der Waals surface area contributed by atoms with E-state index in [9.17, 15) is 0 Å². The Bertz CT molecular complexity index is 864. The maximum atomic E-state index is 5.47. The van der Waals surface area contributed by atoms with E-state index in [2.05, 4.69) is 20.6 Å². The minimum absolute atomic E-state index is 0.630. The van der Waals surface area contributed by atoms with Gasteiger partial charge >= 0.3 is 0 Å². The van der Waals surface area contributed by atoms with E-state index in [4.69, 9.17) is 17.0 Å². The second kappa shape index (κ2) is 5.33.